The van der Waals surface area contributed by atoms with Gasteiger partial charge in [0.1, 0.15) is 9.84 Å². The van der Waals surface area contributed by atoms with Gasteiger partial charge in [-0.3, -0.25) is 0 Å². The van der Waals surface area contributed by atoms with Crippen LogP contribution >= 0.6 is 12.6 Å². The molecule has 0 aromatic rings. The second kappa shape index (κ2) is 6.43. The molecule has 0 amide bonds. The highest BCUT2D eigenvalue weighted by atomic mass is 32.2. The lowest BCUT2D eigenvalue weighted by atomic mass is 9.75. The van der Waals surface area contributed by atoms with E-state index in [2.05, 4.69) is 17.5 Å². The summed E-state index contributed by atoms with van der Waals surface area (Å²) in [5.74, 6) is 1.17. The first kappa shape index (κ1) is 15.3. The summed E-state index contributed by atoms with van der Waals surface area (Å²) in [5.41, 5.74) is 0.313. The van der Waals surface area contributed by atoms with Crippen molar-refractivity contribution < 1.29 is 8.42 Å². The van der Waals surface area contributed by atoms with Crippen LogP contribution in [0.3, 0.4) is 0 Å². The van der Waals surface area contributed by atoms with Crippen LogP contribution in [-0.2, 0) is 9.84 Å². The van der Waals surface area contributed by atoms with Crippen molar-refractivity contribution in [3.63, 3.8) is 0 Å². The maximum atomic E-state index is 11.1. The Morgan fingerprint density at radius 3 is 2.29 bits per heavy atom. The van der Waals surface area contributed by atoms with Gasteiger partial charge in [0, 0.05) is 19.3 Å². The monoisotopic (exact) mass is 279 g/mol. The van der Waals surface area contributed by atoms with Crippen molar-refractivity contribution in [2.45, 2.75) is 32.1 Å². The van der Waals surface area contributed by atoms with Gasteiger partial charge in [-0.25, -0.2) is 8.42 Å². The van der Waals surface area contributed by atoms with Crippen LogP contribution in [0, 0.1) is 5.41 Å². The van der Waals surface area contributed by atoms with Crippen molar-refractivity contribution in [2.24, 2.45) is 5.41 Å². The quantitative estimate of drug-likeness (QED) is 0.754. The highest BCUT2D eigenvalue weighted by Crippen LogP contribution is 2.37. The van der Waals surface area contributed by atoms with E-state index in [1.54, 1.807) is 0 Å². The average molecular weight is 279 g/mol. The predicted molar refractivity (Wildman–Crippen MR) is 76.6 cm³/mol. The predicted octanol–water partition coefficient (Wildman–Crippen LogP) is 1.84. The van der Waals surface area contributed by atoms with E-state index in [1.807, 2.05) is 7.05 Å². The van der Waals surface area contributed by atoms with Crippen molar-refractivity contribution in [1.29, 1.82) is 0 Å². The van der Waals surface area contributed by atoms with Gasteiger partial charge in [0.2, 0.25) is 0 Å². The molecular weight excluding hydrogens is 254 g/mol. The van der Waals surface area contributed by atoms with Crippen LogP contribution in [0.25, 0.3) is 0 Å². The fourth-order valence-corrected chi connectivity index (χ4v) is 3.70. The van der Waals surface area contributed by atoms with E-state index in [0.717, 1.165) is 12.3 Å². The first-order valence-corrected chi connectivity index (χ1v) is 9.03. The third-order valence-corrected chi connectivity index (χ3v) is 5.29. The molecule has 1 saturated carbocycles. The fourth-order valence-electron chi connectivity index (χ4n) is 2.64. The van der Waals surface area contributed by atoms with Gasteiger partial charge >= 0.3 is 0 Å². The van der Waals surface area contributed by atoms with E-state index in [9.17, 15) is 8.42 Å². The summed E-state index contributed by atoms with van der Waals surface area (Å²) in [5, 5.41) is 0. The Hall–Kier alpha value is 0.260. The Morgan fingerprint density at radius 1 is 1.24 bits per heavy atom. The minimum absolute atomic E-state index is 0.256. The van der Waals surface area contributed by atoms with Crippen molar-refractivity contribution in [2.75, 3.05) is 37.9 Å². The summed E-state index contributed by atoms with van der Waals surface area (Å²) in [7, 11) is -0.828. The summed E-state index contributed by atoms with van der Waals surface area (Å²) >= 11 is 4.50. The van der Waals surface area contributed by atoms with Gasteiger partial charge in [-0.05, 0) is 31.1 Å². The van der Waals surface area contributed by atoms with Crippen LogP contribution < -0.4 is 0 Å². The summed E-state index contributed by atoms with van der Waals surface area (Å²) < 4.78 is 22.3. The highest BCUT2D eigenvalue weighted by molar-refractivity contribution is 7.90. The van der Waals surface area contributed by atoms with E-state index in [4.69, 9.17) is 0 Å². The lowest BCUT2D eigenvalue weighted by molar-refractivity contribution is 0.149. The molecule has 0 aromatic carbocycles. The van der Waals surface area contributed by atoms with Gasteiger partial charge in [-0.1, -0.05) is 19.3 Å². The molecule has 5 heteroatoms. The molecule has 0 atom stereocenters. The minimum Gasteiger partial charge on any atom is -0.305 e. The van der Waals surface area contributed by atoms with Gasteiger partial charge in [-0.2, -0.15) is 12.6 Å². The van der Waals surface area contributed by atoms with Crippen LogP contribution in [-0.4, -0.2) is 51.2 Å². The third kappa shape index (κ3) is 5.62. The number of nitrogens with zero attached hydrogens (tertiary/aromatic N) is 1. The molecule has 0 saturated heterocycles. The summed E-state index contributed by atoms with van der Waals surface area (Å²) in [6.07, 6.45) is 7.69. The van der Waals surface area contributed by atoms with Crippen LogP contribution in [0.5, 0.6) is 0 Å². The van der Waals surface area contributed by atoms with E-state index >= 15 is 0 Å². The van der Waals surface area contributed by atoms with Crippen LogP contribution in [0.4, 0.5) is 0 Å². The number of rotatable bonds is 6. The fraction of sp³-hybridized carbons (Fsp3) is 1.00. The largest absolute Gasteiger partial charge is 0.305 e. The Balaban J connectivity index is 2.44. The molecule has 0 spiro atoms. The third-order valence-electron chi connectivity index (χ3n) is 3.70. The second-order valence-corrected chi connectivity index (χ2v) is 8.16. The van der Waals surface area contributed by atoms with E-state index in [0.29, 0.717) is 12.0 Å². The summed E-state index contributed by atoms with van der Waals surface area (Å²) in [6, 6.07) is 0. The maximum absolute atomic E-state index is 11.1. The number of hydrogen-bond donors (Lipinski definition) is 1. The molecular formula is C12H25NO2S2. The number of hydrogen-bond acceptors (Lipinski definition) is 4. The normalized spacial score (nSPS) is 20.7. The molecule has 102 valence electrons. The number of thiol groups is 1. The zero-order valence-electron chi connectivity index (χ0n) is 11.0. The van der Waals surface area contributed by atoms with Crippen LogP contribution in [0.1, 0.15) is 32.1 Å². The van der Waals surface area contributed by atoms with Gasteiger partial charge in [0.15, 0.2) is 0 Å². The molecule has 0 N–H and O–H groups in total. The van der Waals surface area contributed by atoms with Crippen molar-refractivity contribution in [3.8, 4) is 0 Å². The molecule has 1 aliphatic rings. The topological polar surface area (TPSA) is 37.4 Å². The molecule has 0 unspecified atom stereocenters. The maximum Gasteiger partial charge on any atom is 0.148 e. The second-order valence-electron chi connectivity index (χ2n) is 5.59. The molecule has 0 radical (unpaired) electrons. The van der Waals surface area contributed by atoms with E-state index in [1.165, 1.54) is 38.4 Å². The first-order valence-electron chi connectivity index (χ1n) is 6.34. The van der Waals surface area contributed by atoms with E-state index < -0.39 is 9.84 Å². The van der Waals surface area contributed by atoms with Crippen LogP contribution in [0.15, 0.2) is 0 Å². The average Bonchev–Trinajstić information content (AvgIpc) is 2.27. The lowest BCUT2D eigenvalue weighted by Gasteiger charge is -2.39. The zero-order chi connectivity index (χ0) is 12.9. The van der Waals surface area contributed by atoms with Gasteiger partial charge in [-0.15, -0.1) is 0 Å². The molecule has 0 aromatic heterocycles. The standard InChI is InChI=1S/C12H25NO2S2/c1-13(8-9-17(2,14)15)10-12(11-16)6-4-3-5-7-12/h16H,3-11H2,1-2H3. The lowest BCUT2D eigenvalue weighted by Crippen LogP contribution is -2.40. The SMILES string of the molecule is CN(CCS(C)(=O)=O)CC1(CS)CCCCC1. The molecule has 1 fully saturated rings. The summed E-state index contributed by atoms with van der Waals surface area (Å²) in [4.78, 5) is 2.16. The smallest absolute Gasteiger partial charge is 0.148 e. The molecule has 1 rings (SSSR count). The first-order chi connectivity index (χ1) is 7.87. The molecule has 3 nitrogen and oxygen atoms in total. The van der Waals surface area contributed by atoms with Crippen molar-refractivity contribution in [1.82, 2.24) is 4.90 Å². The Morgan fingerprint density at radius 2 is 1.82 bits per heavy atom. The summed E-state index contributed by atoms with van der Waals surface area (Å²) in [6.45, 7) is 1.61. The molecule has 0 aliphatic heterocycles. The molecule has 0 bridgehead atoms. The van der Waals surface area contributed by atoms with Gasteiger partial charge in [0.25, 0.3) is 0 Å². The Bertz CT molecular complexity index is 321. The molecule has 1 aliphatic carbocycles. The Labute approximate surface area is 111 Å². The van der Waals surface area contributed by atoms with Gasteiger partial charge < -0.3 is 4.90 Å². The van der Waals surface area contributed by atoms with E-state index in [-0.39, 0.29) is 5.75 Å². The highest BCUT2D eigenvalue weighted by Gasteiger charge is 2.31. The van der Waals surface area contributed by atoms with Crippen molar-refractivity contribution in [3.05, 3.63) is 0 Å². The zero-order valence-corrected chi connectivity index (χ0v) is 12.7. The van der Waals surface area contributed by atoms with Crippen LogP contribution in [0.2, 0.25) is 0 Å². The Kier molecular flexibility index (Phi) is 5.80. The molecule has 17 heavy (non-hydrogen) atoms. The van der Waals surface area contributed by atoms with Crippen molar-refractivity contribution >= 4 is 22.5 Å². The molecule has 0 heterocycles. The number of sulfone groups is 1. The minimum atomic E-state index is -2.85. The van der Waals surface area contributed by atoms with Gasteiger partial charge in [0.05, 0.1) is 5.75 Å².